The fourth-order valence-electron chi connectivity index (χ4n) is 2.83. The van der Waals surface area contributed by atoms with Crippen LogP contribution < -0.4 is 10.2 Å². The minimum atomic E-state index is -0.228. The molecule has 114 valence electrons. The van der Waals surface area contributed by atoms with Gasteiger partial charge in [-0.2, -0.15) is 5.10 Å². The van der Waals surface area contributed by atoms with Crippen molar-refractivity contribution in [1.29, 1.82) is 0 Å². The summed E-state index contributed by atoms with van der Waals surface area (Å²) in [4.78, 5) is 2.25. The summed E-state index contributed by atoms with van der Waals surface area (Å²) in [6, 6.07) is 0. The Hall–Kier alpha value is -1.11. The van der Waals surface area contributed by atoms with Crippen molar-refractivity contribution in [2.75, 3.05) is 38.3 Å². The van der Waals surface area contributed by atoms with Gasteiger partial charge >= 0.3 is 0 Å². The first kappa shape index (κ1) is 15.3. The van der Waals surface area contributed by atoms with Crippen LogP contribution in [-0.2, 0) is 18.3 Å². The molecule has 2 heterocycles. The van der Waals surface area contributed by atoms with E-state index < -0.39 is 0 Å². The van der Waals surface area contributed by atoms with Crippen LogP contribution in [0.5, 0.6) is 0 Å². The SMILES string of the molecule is COCCNCc1c(C)nn(C)c1N1CCCC(O)C1. The van der Waals surface area contributed by atoms with E-state index in [1.165, 1.54) is 5.56 Å². The number of nitrogens with zero attached hydrogens (tertiary/aromatic N) is 3. The number of hydrogen-bond acceptors (Lipinski definition) is 5. The van der Waals surface area contributed by atoms with Gasteiger partial charge < -0.3 is 20.1 Å². The molecule has 1 aliphatic heterocycles. The second-order valence-corrected chi connectivity index (χ2v) is 5.42. The molecule has 6 heteroatoms. The van der Waals surface area contributed by atoms with Gasteiger partial charge in [-0.15, -0.1) is 0 Å². The zero-order valence-electron chi connectivity index (χ0n) is 12.7. The van der Waals surface area contributed by atoms with E-state index in [-0.39, 0.29) is 6.10 Å². The quantitative estimate of drug-likeness (QED) is 0.741. The van der Waals surface area contributed by atoms with Crippen LogP contribution in [0.3, 0.4) is 0 Å². The van der Waals surface area contributed by atoms with E-state index in [0.717, 1.165) is 44.0 Å². The molecule has 1 aromatic rings. The van der Waals surface area contributed by atoms with Crippen molar-refractivity contribution in [1.82, 2.24) is 15.1 Å². The van der Waals surface area contributed by atoms with Crippen LogP contribution in [0, 0.1) is 6.92 Å². The van der Waals surface area contributed by atoms with Gasteiger partial charge in [-0.3, -0.25) is 4.68 Å². The van der Waals surface area contributed by atoms with Crippen LogP contribution in [0.15, 0.2) is 0 Å². The number of aliphatic hydroxyl groups excluding tert-OH is 1. The first-order chi connectivity index (χ1) is 9.63. The zero-order valence-corrected chi connectivity index (χ0v) is 12.7. The van der Waals surface area contributed by atoms with Gasteiger partial charge in [0.2, 0.25) is 0 Å². The van der Waals surface area contributed by atoms with E-state index in [0.29, 0.717) is 13.2 Å². The fraction of sp³-hybridized carbons (Fsp3) is 0.786. The Balaban J connectivity index is 2.10. The largest absolute Gasteiger partial charge is 0.391 e. The third-order valence-corrected chi connectivity index (χ3v) is 3.79. The number of hydrogen-bond donors (Lipinski definition) is 2. The molecular weight excluding hydrogens is 256 g/mol. The first-order valence-corrected chi connectivity index (χ1v) is 7.28. The second-order valence-electron chi connectivity index (χ2n) is 5.42. The minimum absolute atomic E-state index is 0.228. The van der Waals surface area contributed by atoms with E-state index in [2.05, 4.69) is 15.3 Å². The van der Waals surface area contributed by atoms with E-state index >= 15 is 0 Å². The third kappa shape index (κ3) is 3.50. The highest BCUT2D eigenvalue weighted by Gasteiger charge is 2.24. The molecule has 1 aromatic heterocycles. The molecule has 1 unspecified atom stereocenters. The first-order valence-electron chi connectivity index (χ1n) is 7.28. The molecule has 2 N–H and O–H groups in total. The van der Waals surface area contributed by atoms with Crippen LogP contribution in [0.1, 0.15) is 24.1 Å². The second kappa shape index (κ2) is 7.06. The molecule has 0 saturated carbocycles. The van der Waals surface area contributed by atoms with Crippen molar-refractivity contribution in [3.05, 3.63) is 11.3 Å². The maximum Gasteiger partial charge on any atom is 0.131 e. The minimum Gasteiger partial charge on any atom is -0.391 e. The lowest BCUT2D eigenvalue weighted by molar-refractivity contribution is 0.153. The Kier molecular flexibility index (Phi) is 5.39. The average molecular weight is 282 g/mol. The lowest BCUT2D eigenvalue weighted by Gasteiger charge is -2.32. The Labute approximate surface area is 120 Å². The van der Waals surface area contributed by atoms with E-state index in [4.69, 9.17) is 4.74 Å². The van der Waals surface area contributed by atoms with Crippen LogP contribution in [-0.4, -0.2) is 54.3 Å². The Morgan fingerprint density at radius 3 is 3.00 bits per heavy atom. The van der Waals surface area contributed by atoms with Gasteiger partial charge in [0.05, 0.1) is 18.4 Å². The van der Waals surface area contributed by atoms with Crippen molar-refractivity contribution in [2.24, 2.45) is 7.05 Å². The molecule has 0 amide bonds. The Morgan fingerprint density at radius 1 is 1.50 bits per heavy atom. The molecule has 0 spiro atoms. The number of aliphatic hydroxyl groups is 1. The van der Waals surface area contributed by atoms with Gasteiger partial charge in [-0.05, 0) is 19.8 Å². The number of aryl methyl sites for hydroxylation is 2. The molecule has 1 fully saturated rings. The molecule has 1 saturated heterocycles. The molecule has 0 radical (unpaired) electrons. The standard InChI is InChI=1S/C14H26N4O2/c1-11-13(9-15-6-8-20-3)14(17(2)16-11)18-7-4-5-12(19)10-18/h12,15,19H,4-10H2,1-3H3. The summed E-state index contributed by atoms with van der Waals surface area (Å²) in [7, 11) is 3.68. The molecule has 2 rings (SSSR count). The summed E-state index contributed by atoms with van der Waals surface area (Å²) in [5.41, 5.74) is 2.27. The molecular formula is C14H26N4O2. The Morgan fingerprint density at radius 2 is 2.30 bits per heavy atom. The number of methoxy groups -OCH3 is 1. The molecule has 0 bridgehead atoms. The molecule has 1 atom stereocenters. The summed E-state index contributed by atoms with van der Waals surface area (Å²) in [5, 5.41) is 17.8. The number of nitrogens with one attached hydrogen (secondary N) is 1. The number of ether oxygens (including phenoxy) is 1. The predicted molar refractivity (Wildman–Crippen MR) is 79.0 cm³/mol. The normalized spacial score (nSPS) is 19.6. The van der Waals surface area contributed by atoms with Crippen LogP contribution in [0.2, 0.25) is 0 Å². The maximum absolute atomic E-state index is 9.87. The Bertz CT molecular complexity index is 433. The molecule has 6 nitrogen and oxygen atoms in total. The van der Waals surface area contributed by atoms with Gasteiger partial charge in [-0.25, -0.2) is 0 Å². The van der Waals surface area contributed by atoms with E-state index in [1.807, 2.05) is 18.7 Å². The number of anilines is 1. The molecule has 20 heavy (non-hydrogen) atoms. The van der Waals surface area contributed by atoms with Crippen LogP contribution >= 0.6 is 0 Å². The van der Waals surface area contributed by atoms with Crippen molar-refractivity contribution in [3.8, 4) is 0 Å². The number of piperidine rings is 1. The summed E-state index contributed by atoms with van der Waals surface area (Å²) in [6.45, 7) is 6.04. The predicted octanol–water partition coefficient (Wildman–Crippen LogP) is 0.426. The summed E-state index contributed by atoms with van der Waals surface area (Å²) in [5.74, 6) is 1.13. The van der Waals surface area contributed by atoms with Crippen molar-refractivity contribution in [2.45, 2.75) is 32.4 Å². The monoisotopic (exact) mass is 282 g/mol. The van der Waals surface area contributed by atoms with Crippen molar-refractivity contribution in [3.63, 3.8) is 0 Å². The zero-order chi connectivity index (χ0) is 14.5. The lowest BCUT2D eigenvalue weighted by atomic mass is 10.1. The number of β-amino-alcohol motifs (C(OH)–C–C–N with tert-alkyl or cyclic N) is 1. The van der Waals surface area contributed by atoms with Gasteiger partial charge in [0.25, 0.3) is 0 Å². The molecule has 0 aromatic carbocycles. The fourth-order valence-corrected chi connectivity index (χ4v) is 2.83. The van der Waals surface area contributed by atoms with Gasteiger partial charge in [0.15, 0.2) is 0 Å². The van der Waals surface area contributed by atoms with E-state index in [1.54, 1.807) is 7.11 Å². The number of rotatable bonds is 6. The summed E-state index contributed by atoms with van der Waals surface area (Å²) in [6.07, 6.45) is 1.70. The van der Waals surface area contributed by atoms with Gasteiger partial charge in [0.1, 0.15) is 5.82 Å². The summed E-state index contributed by atoms with van der Waals surface area (Å²) >= 11 is 0. The smallest absolute Gasteiger partial charge is 0.131 e. The van der Waals surface area contributed by atoms with Crippen molar-refractivity contribution >= 4 is 5.82 Å². The highest BCUT2D eigenvalue weighted by Crippen LogP contribution is 2.26. The number of aromatic nitrogens is 2. The molecule has 0 aliphatic carbocycles. The van der Waals surface area contributed by atoms with Gasteiger partial charge in [0, 0.05) is 45.9 Å². The van der Waals surface area contributed by atoms with Gasteiger partial charge in [-0.1, -0.05) is 0 Å². The lowest BCUT2D eigenvalue weighted by Crippen LogP contribution is -2.40. The van der Waals surface area contributed by atoms with E-state index in [9.17, 15) is 5.11 Å². The average Bonchev–Trinajstić information content (AvgIpc) is 2.69. The molecule has 1 aliphatic rings. The maximum atomic E-state index is 9.87. The summed E-state index contributed by atoms with van der Waals surface area (Å²) < 4.78 is 6.98. The highest BCUT2D eigenvalue weighted by molar-refractivity contribution is 5.50. The van der Waals surface area contributed by atoms with Crippen molar-refractivity contribution < 1.29 is 9.84 Å². The van der Waals surface area contributed by atoms with Crippen LogP contribution in [0.4, 0.5) is 5.82 Å². The topological polar surface area (TPSA) is 62.5 Å². The third-order valence-electron chi connectivity index (χ3n) is 3.79. The highest BCUT2D eigenvalue weighted by atomic mass is 16.5. The van der Waals surface area contributed by atoms with Crippen LogP contribution in [0.25, 0.3) is 0 Å².